The van der Waals surface area contributed by atoms with Crippen molar-refractivity contribution in [3.8, 4) is 17.6 Å². The number of alkyl halides is 1. The summed E-state index contributed by atoms with van der Waals surface area (Å²) in [6.07, 6.45) is 0. The van der Waals surface area contributed by atoms with Crippen molar-refractivity contribution in [2.24, 2.45) is 11.5 Å². The van der Waals surface area contributed by atoms with Crippen LogP contribution in [0.4, 0.5) is 0 Å². The largest absolute Gasteiger partial charge is 0.493 e. The van der Waals surface area contributed by atoms with Crippen molar-refractivity contribution in [3.63, 3.8) is 0 Å². The van der Waals surface area contributed by atoms with Crippen molar-refractivity contribution < 1.29 is 28.5 Å². The van der Waals surface area contributed by atoms with Crippen LogP contribution in [0.25, 0.3) is 0 Å². The van der Waals surface area contributed by atoms with E-state index in [0.29, 0.717) is 5.56 Å². The molecular weight excluding hydrogens is 390 g/mol. The molecule has 0 spiro atoms. The van der Waals surface area contributed by atoms with Crippen molar-refractivity contribution in [2.75, 3.05) is 26.7 Å². The standard InChI is InChI=1S/C18H18ClN3O6/c1-25-12-5-9(3-4-11(12)27-8-14(21)23)15-10(7-20)17(22)28-13(6-19)16(15)18(24)26-2/h3-5,15H,6,8,22H2,1-2H3,(H2,21,23)/t15-/m1/s1. The molecule has 0 unspecified atom stereocenters. The normalized spacial score (nSPS) is 16.1. The maximum atomic E-state index is 12.4. The van der Waals surface area contributed by atoms with Gasteiger partial charge in [-0.1, -0.05) is 6.07 Å². The predicted octanol–water partition coefficient (Wildman–Crippen LogP) is 1.03. The molecule has 9 nitrogen and oxygen atoms in total. The number of hydrogen-bond donors (Lipinski definition) is 2. The number of primary amides is 1. The van der Waals surface area contributed by atoms with E-state index in [1.807, 2.05) is 6.07 Å². The first-order valence-electron chi connectivity index (χ1n) is 7.91. The van der Waals surface area contributed by atoms with Crippen LogP contribution >= 0.6 is 11.6 Å². The Hall–Kier alpha value is -3.38. The van der Waals surface area contributed by atoms with E-state index < -0.39 is 17.8 Å². The minimum absolute atomic E-state index is 0.0159. The van der Waals surface area contributed by atoms with Crippen LogP contribution in [0.1, 0.15) is 11.5 Å². The van der Waals surface area contributed by atoms with Gasteiger partial charge in [0.2, 0.25) is 5.88 Å². The quantitative estimate of drug-likeness (QED) is 0.503. The number of rotatable bonds is 7. The topological polar surface area (TPSA) is 147 Å². The lowest BCUT2D eigenvalue weighted by Gasteiger charge is -2.27. The zero-order chi connectivity index (χ0) is 20.8. The number of allylic oxidation sites excluding steroid dienone is 2. The highest BCUT2D eigenvalue weighted by Gasteiger charge is 2.37. The molecule has 1 aliphatic heterocycles. The highest BCUT2D eigenvalue weighted by Crippen LogP contribution is 2.42. The molecule has 1 amide bonds. The number of carbonyl (C=O) groups excluding carboxylic acids is 2. The number of nitrogens with two attached hydrogens (primary N) is 2. The molecule has 1 aromatic carbocycles. The molecular formula is C18H18ClN3O6. The van der Waals surface area contributed by atoms with Gasteiger partial charge in [-0.15, -0.1) is 11.6 Å². The Morgan fingerprint density at radius 1 is 1.32 bits per heavy atom. The molecule has 0 aliphatic carbocycles. The van der Waals surface area contributed by atoms with Crippen LogP contribution in [-0.2, 0) is 19.1 Å². The van der Waals surface area contributed by atoms with E-state index >= 15 is 0 Å². The average Bonchev–Trinajstić information content (AvgIpc) is 2.70. The van der Waals surface area contributed by atoms with Gasteiger partial charge in [-0.3, -0.25) is 4.79 Å². The summed E-state index contributed by atoms with van der Waals surface area (Å²) in [6, 6.07) is 6.62. The molecule has 1 heterocycles. The maximum Gasteiger partial charge on any atom is 0.338 e. The number of nitrogens with zero attached hydrogens (tertiary/aromatic N) is 1. The van der Waals surface area contributed by atoms with Gasteiger partial charge in [0.15, 0.2) is 18.1 Å². The molecule has 0 bridgehead atoms. The highest BCUT2D eigenvalue weighted by atomic mass is 35.5. The Morgan fingerprint density at radius 3 is 2.57 bits per heavy atom. The Kier molecular flexibility index (Phi) is 6.74. The second-order valence-electron chi connectivity index (χ2n) is 5.55. The second kappa shape index (κ2) is 9.01. The molecule has 0 aromatic heterocycles. The summed E-state index contributed by atoms with van der Waals surface area (Å²) in [4.78, 5) is 23.3. The number of amides is 1. The zero-order valence-electron chi connectivity index (χ0n) is 15.2. The van der Waals surface area contributed by atoms with Crippen molar-refractivity contribution >= 4 is 23.5 Å². The number of benzene rings is 1. The van der Waals surface area contributed by atoms with Crippen molar-refractivity contribution in [1.29, 1.82) is 5.26 Å². The van der Waals surface area contributed by atoms with Gasteiger partial charge in [-0.2, -0.15) is 5.26 Å². The minimum atomic E-state index is -0.890. The van der Waals surface area contributed by atoms with E-state index in [9.17, 15) is 14.9 Å². The molecule has 0 saturated carbocycles. The Labute approximate surface area is 166 Å². The fourth-order valence-corrected chi connectivity index (χ4v) is 2.91. The summed E-state index contributed by atoms with van der Waals surface area (Å²) in [5.41, 5.74) is 11.5. The first kappa shape index (κ1) is 20.9. The lowest BCUT2D eigenvalue weighted by atomic mass is 9.83. The Morgan fingerprint density at radius 2 is 2.04 bits per heavy atom. The molecule has 148 valence electrons. The van der Waals surface area contributed by atoms with Gasteiger partial charge >= 0.3 is 5.97 Å². The third-order valence-corrected chi connectivity index (χ3v) is 4.16. The van der Waals surface area contributed by atoms with Gasteiger partial charge in [0, 0.05) is 0 Å². The minimum Gasteiger partial charge on any atom is -0.493 e. The summed E-state index contributed by atoms with van der Waals surface area (Å²) in [5, 5.41) is 9.57. The van der Waals surface area contributed by atoms with E-state index in [1.165, 1.54) is 20.3 Å². The maximum absolute atomic E-state index is 12.4. The van der Waals surface area contributed by atoms with Crippen LogP contribution < -0.4 is 20.9 Å². The van der Waals surface area contributed by atoms with Crippen molar-refractivity contribution in [1.82, 2.24) is 0 Å². The lowest BCUT2D eigenvalue weighted by molar-refractivity contribution is -0.136. The second-order valence-corrected chi connectivity index (χ2v) is 5.82. The van der Waals surface area contributed by atoms with E-state index in [4.69, 9.17) is 42.0 Å². The van der Waals surface area contributed by atoms with Crippen LogP contribution in [0, 0.1) is 11.3 Å². The molecule has 4 N–H and O–H groups in total. The number of methoxy groups -OCH3 is 2. The molecule has 1 atom stereocenters. The van der Waals surface area contributed by atoms with Gasteiger partial charge in [-0.05, 0) is 17.7 Å². The predicted molar refractivity (Wildman–Crippen MR) is 98.1 cm³/mol. The monoisotopic (exact) mass is 407 g/mol. The average molecular weight is 408 g/mol. The van der Waals surface area contributed by atoms with Gasteiger partial charge in [-0.25, -0.2) is 4.79 Å². The zero-order valence-corrected chi connectivity index (χ0v) is 15.9. The number of esters is 1. The van der Waals surface area contributed by atoms with E-state index in [-0.39, 0.29) is 46.8 Å². The van der Waals surface area contributed by atoms with Crippen LogP contribution in [0.3, 0.4) is 0 Å². The summed E-state index contributed by atoms with van der Waals surface area (Å²) in [6.45, 7) is -0.340. The molecule has 0 saturated heterocycles. The van der Waals surface area contributed by atoms with E-state index in [0.717, 1.165) is 0 Å². The molecule has 2 rings (SSSR count). The number of nitriles is 1. The van der Waals surface area contributed by atoms with Gasteiger partial charge in [0.25, 0.3) is 5.91 Å². The molecule has 0 radical (unpaired) electrons. The number of hydrogen-bond acceptors (Lipinski definition) is 8. The van der Waals surface area contributed by atoms with Gasteiger partial charge < -0.3 is 30.4 Å². The summed E-state index contributed by atoms with van der Waals surface area (Å²) >= 11 is 5.90. The van der Waals surface area contributed by atoms with Crippen molar-refractivity contribution in [2.45, 2.75) is 5.92 Å². The third kappa shape index (κ3) is 4.13. The van der Waals surface area contributed by atoms with E-state index in [2.05, 4.69) is 0 Å². The molecule has 28 heavy (non-hydrogen) atoms. The number of halogens is 1. The fourth-order valence-electron chi connectivity index (χ4n) is 2.72. The molecule has 1 aliphatic rings. The fraction of sp³-hybridized carbons (Fsp3) is 0.278. The molecule has 0 fully saturated rings. The van der Waals surface area contributed by atoms with Crippen LogP contribution in [0.2, 0.25) is 0 Å². The number of carbonyl (C=O) groups is 2. The Balaban J connectivity index is 2.61. The summed E-state index contributed by atoms with van der Waals surface area (Å²) in [5.74, 6) is -1.97. The first-order chi connectivity index (χ1) is 13.4. The van der Waals surface area contributed by atoms with Crippen LogP contribution in [0.5, 0.6) is 11.5 Å². The van der Waals surface area contributed by atoms with Crippen LogP contribution in [-0.4, -0.2) is 38.6 Å². The summed E-state index contributed by atoms with van der Waals surface area (Å²) < 4.78 is 20.8. The van der Waals surface area contributed by atoms with Crippen molar-refractivity contribution in [3.05, 3.63) is 46.6 Å². The first-order valence-corrected chi connectivity index (χ1v) is 8.45. The van der Waals surface area contributed by atoms with E-state index in [1.54, 1.807) is 12.1 Å². The highest BCUT2D eigenvalue weighted by molar-refractivity contribution is 6.19. The van der Waals surface area contributed by atoms with Gasteiger partial charge in [0.1, 0.15) is 17.4 Å². The molecule has 1 aromatic rings. The lowest BCUT2D eigenvalue weighted by Crippen LogP contribution is -2.26. The van der Waals surface area contributed by atoms with Crippen LogP contribution in [0.15, 0.2) is 41.0 Å². The van der Waals surface area contributed by atoms with Gasteiger partial charge in [0.05, 0.1) is 31.6 Å². The smallest absolute Gasteiger partial charge is 0.338 e. The number of ether oxygens (including phenoxy) is 4. The molecule has 10 heteroatoms. The summed E-state index contributed by atoms with van der Waals surface area (Å²) in [7, 11) is 2.60. The SMILES string of the molecule is COC(=O)C1=C(CCl)OC(N)=C(C#N)[C@H]1c1ccc(OCC(N)=O)c(OC)c1. The third-order valence-electron chi connectivity index (χ3n) is 3.91. The Bertz CT molecular complexity index is 903.